The van der Waals surface area contributed by atoms with E-state index in [-0.39, 0.29) is 18.2 Å². The van der Waals surface area contributed by atoms with Crippen LogP contribution in [0.4, 0.5) is 0 Å². The van der Waals surface area contributed by atoms with Crippen molar-refractivity contribution in [2.45, 2.75) is 20.8 Å². The minimum atomic E-state index is -0.412. The van der Waals surface area contributed by atoms with Crippen molar-refractivity contribution in [2.75, 3.05) is 26.8 Å². The van der Waals surface area contributed by atoms with E-state index < -0.39 is 5.91 Å². The smallest absolute Gasteiger partial charge is 0.268 e. The molecule has 0 radical (unpaired) electrons. The average molecular weight is 295 g/mol. The van der Waals surface area contributed by atoms with Crippen molar-refractivity contribution >= 4 is 17.6 Å². The number of ether oxygens (including phenoxy) is 1. The van der Waals surface area contributed by atoms with Crippen molar-refractivity contribution in [2.24, 2.45) is 0 Å². The Bertz CT molecular complexity index is 549. The third-order valence-corrected chi connectivity index (χ3v) is 3.05. The lowest BCUT2D eigenvalue weighted by Crippen LogP contribution is -2.38. The van der Waals surface area contributed by atoms with Gasteiger partial charge in [-0.05, 0) is 26.3 Å². The normalized spacial score (nSPS) is 10.3. The highest BCUT2D eigenvalue weighted by Gasteiger charge is 2.19. The lowest BCUT2D eigenvalue weighted by molar-refractivity contribution is -0.120. The number of rotatable bonds is 7. The molecule has 7 heteroatoms. The summed E-state index contributed by atoms with van der Waals surface area (Å²) in [5, 5.41) is 5.11. The van der Waals surface area contributed by atoms with E-state index in [1.165, 1.54) is 14.0 Å². The van der Waals surface area contributed by atoms with Crippen LogP contribution in [0.1, 0.15) is 39.0 Å². The molecule has 0 bridgehead atoms. The van der Waals surface area contributed by atoms with E-state index in [1.807, 2.05) is 0 Å². The zero-order chi connectivity index (χ0) is 16.0. The largest absolute Gasteiger partial charge is 0.383 e. The van der Waals surface area contributed by atoms with Gasteiger partial charge in [-0.3, -0.25) is 14.4 Å². The number of hydrogen-bond donors (Lipinski definition) is 3. The molecule has 0 saturated heterocycles. The number of ketones is 1. The predicted octanol–water partition coefficient (Wildman–Crippen LogP) is 0.327. The molecule has 0 aliphatic carbocycles. The molecule has 0 spiro atoms. The molecule has 7 nitrogen and oxygen atoms in total. The van der Waals surface area contributed by atoms with Crippen molar-refractivity contribution in [3.8, 4) is 0 Å². The van der Waals surface area contributed by atoms with Crippen LogP contribution in [0.3, 0.4) is 0 Å². The lowest BCUT2D eigenvalue weighted by Gasteiger charge is -2.06. The Kier molecular flexibility index (Phi) is 6.10. The molecule has 0 aromatic carbocycles. The SMILES string of the molecule is COCCNC(=O)CNC(=O)c1[nH]c(C)c(C(C)=O)c1C. The lowest BCUT2D eigenvalue weighted by atomic mass is 10.1. The van der Waals surface area contributed by atoms with Crippen LogP contribution in [-0.2, 0) is 9.53 Å². The standard InChI is InChI=1S/C14H21N3O4/c1-8-12(10(3)18)9(2)17-13(8)14(20)16-7-11(19)15-5-6-21-4/h17H,5-7H2,1-4H3,(H,15,19)(H,16,20). The topological polar surface area (TPSA) is 100 Å². The molecule has 0 saturated carbocycles. The van der Waals surface area contributed by atoms with E-state index >= 15 is 0 Å². The van der Waals surface area contributed by atoms with E-state index in [2.05, 4.69) is 15.6 Å². The molecule has 1 aromatic rings. The second-order valence-electron chi connectivity index (χ2n) is 4.71. The van der Waals surface area contributed by atoms with Crippen LogP contribution in [-0.4, -0.2) is 49.4 Å². The third-order valence-electron chi connectivity index (χ3n) is 3.05. The van der Waals surface area contributed by atoms with Crippen LogP contribution in [0.2, 0.25) is 0 Å². The van der Waals surface area contributed by atoms with E-state index in [1.54, 1.807) is 13.8 Å². The molecule has 1 heterocycles. The van der Waals surface area contributed by atoms with Gasteiger partial charge < -0.3 is 20.4 Å². The molecule has 0 unspecified atom stereocenters. The van der Waals surface area contributed by atoms with Crippen molar-refractivity contribution in [3.63, 3.8) is 0 Å². The summed E-state index contributed by atoms with van der Waals surface area (Å²) in [4.78, 5) is 37.9. The third kappa shape index (κ3) is 4.42. The quantitative estimate of drug-likeness (QED) is 0.498. The minimum Gasteiger partial charge on any atom is -0.383 e. The van der Waals surface area contributed by atoms with Crippen LogP contribution in [0, 0.1) is 13.8 Å². The number of nitrogens with one attached hydrogen (secondary N) is 3. The number of carbonyl (C=O) groups is 3. The van der Waals surface area contributed by atoms with Gasteiger partial charge >= 0.3 is 0 Å². The monoisotopic (exact) mass is 295 g/mol. The van der Waals surface area contributed by atoms with E-state index in [9.17, 15) is 14.4 Å². The first-order valence-electron chi connectivity index (χ1n) is 6.62. The number of methoxy groups -OCH3 is 1. The van der Waals surface area contributed by atoms with Crippen molar-refractivity contribution < 1.29 is 19.1 Å². The summed E-state index contributed by atoms with van der Waals surface area (Å²) in [6.07, 6.45) is 0. The van der Waals surface area contributed by atoms with Crippen molar-refractivity contribution in [1.82, 2.24) is 15.6 Å². The minimum absolute atomic E-state index is 0.0994. The molecule has 116 valence electrons. The summed E-state index contributed by atoms with van der Waals surface area (Å²) in [7, 11) is 1.54. The van der Waals surface area contributed by atoms with Gasteiger partial charge in [-0.2, -0.15) is 0 Å². The first-order chi connectivity index (χ1) is 9.88. The molecule has 0 atom stereocenters. The van der Waals surface area contributed by atoms with Gasteiger partial charge in [-0.15, -0.1) is 0 Å². The molecule has 1 rings (SSSR count). The Hall–Kier alpha value is -2.15. The molecule has 21 heavy (non-hydrogen) atoms. The van der Waals surface area contributed by atoms with Crippen LogP contribution in [0.15, 0.2) is 0 Å². The summed E-state index contributed by atoms with van der Waals surface area (Å²) in [5.74, 6) is -0.810. The summed E-state index contributed by atoms with van der Waals surface area (Å²) in [6, 6.07) is 0. The van der Waals surface area contributed by atoms with E-state index in [0.29, 0.717) is 35.7 Å². The maximum atomic E-state index is 12.0. The van der Waals surface area contributed by atoms with Gasteiger partial charge in [0, 0.05) is 24.9 Å². The molecule has 0 aliphatic heterocycles. The number of aromatic amines is 1. The van der Waals surface area contributed by atoms with Gasteiger partial charge in [-0.25, -0.2) is 0 Å². The van der Waals surface area contributed by atoms with Gasteiger partial charge in [0.1, 0.15) is 5.69 Å². The molecule has 0 aliphatic rings. The molecule has 1 aromatic heterocycles. The molecule has 3 N–H and O–H groups in total. The maximum absolute atomic E-state index is 12.0. The number of carbonyl (C=O) groups excluding carboxylic acids is 3. The van der Waals surface area contributed by atoms with Crippen molar-refractivity contribution in [1.29, 1.82) is 0 Å². The zero-order valence-corrected chi connectivity index (χ0v) is 12.8. The van der Waals surface area contributed by atoms with Crippen molar-refractivity contribution in [3.05, 3.63) is 22.5 Å². The predicted molar refractivity (Wildman–Crippen MR) is 77.5 cm³/mol. The average Bonchev–Trinajstić information content (AvgIpc) is 2.71. The number of Topliss-reactive ketones (excluding diaryl/α,β-unsaturated/α-hetero) is 1. The summed E-state index contributed by atoms with van der Waals surface area (Å²) >= 11 is 0. The maximum Gasteiger partial charge on any atom is 0.268 e. The fourth-order valence-electron chi connectivity index (χ4n) is 2.11. The molecular weight excluding hydrogens is 274 g/mol. The fraction of sp³-hybridized carbons (Fsp3) is 0.500. The first-order valence-corrected chi connectivity index (χ1v) is 6.62. The Morgan fingerprint density at radius 2 is 1.86 bits per heavy atom. The van der Waals surface area contributed by atoms with Gasteiger partial charge in [-0.1, -0.05) is 0 Å². The summed E-state index contributed by atoms with van der Waals surface area (Å²) in [5.41, 5.74) is 2.07. The first kappa shape index (κ1) is 16.9. The number of hydrogen-bond acceptors (Lipinski definition) is 4. The highest BCUT2D eigenvalue weighted by atomic mass is 16.5. The molecule has 0 fully saturated rings. The van der Waals surface area contributed by atoms with Crippen LogP contribution < -0.4 is 10.6 Å². The van der Waals surface area contributed by atoms with E-state index in [0.717, 1.165) is 0 Å². The fourth-order valence-corrected chi connectivity index (χ4v) is 2.11. The second-order valence-corrected chi connectivity index (χ2v) is 4.71. The Morgan fingerprint density at radius 3 is 2.38 bits per heavy atom. The number of aryl methyl sites for hydroxylation is 1. The van der Waals surface area contributed by atoms with Gasteiger partial charge in [0.2, 0.25) is 5.91 Å². The molecule has 2 amide bonds. The Morgan fingerprint density at radius 1 is 1.19 bits per heavy atom. The number of amides is 2. The summed E-state index contributed by atoms with van der Waals surface area (Å²) in [6.45, 7) is 5.56. The van der Waals surface area contributed by atoms with Crippen LogP contribution in [0.25, 0.3) is 0 Å². The van der Waals surface area contributed by atoms with Gasteiger partial charge in [0.25, 0.3) is 5.91 Å². The van der Waals surface area contributed by atoms with Gasteiger partial charge in [0.15, 0.2) is 5.78 Å². The highest BCUT2D eigenvalue weighted by Crippen LogP contribution is 2.18. The van der Waals surface area contributed by atoms with Gasteiger partial charge in [0.05, 0.1) is 13.2 Å². The number of aromatic nitrogens is 1. The van der Waals surface area contributed by atoms with Crippen LogP contribution in [0.5, 0.6) is 0 Å². The Balaban J connectivity index is 2.63. The molecular formula is C14H21N3O4. The second kappa shape index (κ2) is 7.58. The highest BCUT2D eigenvalue weighted by molar-refractivity contribution is 6.03. The number of H-pyrrole nitrogens is 1. The summed E-state index contributed by atoms with van der Waals surface area (Å²) < 4.78 is 4.80. The van der Waals surface area contributed by atoms with Crippen LogP contribution >= 0.6 is 0 Å². The van der Waals surface area contributed by atoms with E-state index in [4.69, 9.17) is 4.74 Å². The Labute approximate surface area is 123 Å². The zero-order valence-electron chi connectivity index (χ0n) is 12.8.